The van der Waals surface area contributed by atoms with E-state index in [1.165, 1.54) is 6.92 Å². The maximum atomic E-state index is 11.1. The van der Waals surface area contributed by atoms with Crippen molar-refractivity contribution in [3.05, 3.63) is 34.8 Å². The molecule has 3 heteroatoms. The molecule has 0 bridgehead atoms. The van der Waals surface area contributed by atoms with Crippen molar-refractivity contribution < 1.29 is 9.53 Å². The summed E-state index contributed by atoms with van der Waals surface area (Å²) >= 11 is 0. The molecule has 14 heavy (non-hydrogen) atoms. The van der Waals surface area contributed by atoms with E-state index in [9.17, 15) is 4.79 Å². The lowest BCUT2D eigenvalue weighted by Gasteiger charge is -2.12. The van der Waals surface area contributed by atoms with E-state index in [0.29, 0.717) is 17.1 Å². The van der Waals surface area contributed by atoms with Crippen LogP contribution in [0.2, 0.25) is 0 Å². The first-order valence-corrected chi connectivity index (χ1v) is 4.24. The average molecular weight is 189 g/mol. The molecule has 0 unspecified atom stereocenters. The second kappa shape index (κ2) is 3.93. The lowest BCUT2D eigenvalue weighted by Crippen LogP contribution is -2.02. The highest BCUT2D eigenvalue weighted by molar-refractivity contribution is 5.99. The highest BCUT2D eigenvalue weighted by atomic mass is 16.5. The van der Waals surface area contributed by atoms with Crippen molar-refractivity contribution >= 4 is 5.78 Å². The number of ketones is 1. The molecule has 0 spiro atoms. The summed E-state index contributed by atoms with van der Waals surface area (Å²) in [7, 11) is 0. The van der Waals surface area contributed by atoms with E-state index < -0.39 is 0 Å². The largest absolute Gasteiger partial charge is 0.467 e. The minimum Gasteiger partial charge on any atom is -0.467 e. The van der Waals surface area contributed by atoms with Crippen LogP contribution >= 0.6 is 0 Å². The van der Waals surface area contributed by atoms with Crippen LogP contribution in [-0.4, -0.2) is 5.78 Å². The molecule has 72 valence electrons. The lowest BCUT2D eigenvalue weighted by atomic mass is 10.0. The van der Waals surface area contributed by atoms with Crippen molar-refractivity contribution in [2.75, 3.05) is 0 Å². The normalized spacial score (nSPS) is 14.9. The van der Waals surface area contributed by atoms with Crippen LogP contribution < -0.4 is 0 Å². The van der Waals surface area contributed by atoms with E-state index in [1.54, 1.807) is 26.0 Å². The fourth-order valence-corrected chi connectivity index (χ4v) is 1.28. The van der Waals surface area contributed by atoms with Gasteiger partial charge in [-0.2, -0.15) is 5.26 Å². The number of nitriles is 1. The molecule has 1 aliphatic heterocycles. The van der Waals surface area contributed by atoms with Crippen LogP contribution in [0.5, 0.6) is 0 Å². The minimum absolute atomic E-state index is 0.173. The molecule has 0 aliphatic carbocycles. The van der Waals surface area contributed by atoms with Crippen molar-refractivity contribution in [3.8, 4) is 6.07 Å². The number of hydrogen-bond donors (Lipinski definition) is 0. The molecule has 0 saturated heterocycles. The first-order chi connectivity index (χ1) is 6.54. The summed E-state index contributed by atoms with van der Waals surface area (Å²) in [4.78, 5) is 11.1. The maximum Gasteiger partial charge on any atom is 0.170 e. The molecule has 0 aromatic carbocycles. The number of ether oxygens (including phenoxy) is 1. The van der Waals surface area contributed by atoms with E-state index in [4.69, 9.17) is 10.00 Å². The second-order valence-corrected chi connectivity index (χ2v) is 3.11. The van der Waals surface area contributed by atoms with Gasteiger partial charge < -0.3 is 4.74 Å². The average Bonchev–Trinajstić information content (AvgIpc) is 2.02. The zero-order valence-electron chi connectivity index (χ0n) is 8.42. The van der Waals surface area contributed by atoms with Crippen LogP contribution in [-0.2, 0) is 9.53 Å². The summed E-state index contributed by atoms with van der Waals surface area (Å²) in [6, 6.07) is 1.90. The van der Waals surface area contributed by atoms with Gasteiger partial charge in [-0.05, 0) is 32.9 Å². The molecule has 0 aromatic heterocycles. The van der Waals surface area contributed by atoms with Crippen LogP contribution in [0.25, 0.3) is 0 Å². The Labute approximate surface area is 83.0 Å². The number of nitrogens with zero attached hydrogens (tertiary/aromatic N) is 1. The SMILES string of the molecule is CC(=O)C(C#N)=C1C=C(C)OC(C)=C1. The smallest absolute Gasteiger partial charge is 0.170 e. The summed E-state index contributed by atoms with van der Waals surface area (Å²) in [6.45, 7) is 4.95. The summed E-state index contributed by atoms with van der Waals surface area (Å²) in [5.41, 5.74) is 0.799. The maximum absolute atomic E-state index is 11.1. The molecule has 0 aromatic rings. The number of carbonyl (C=O) groups excluding carboxylic acids is 1. The lowest BCUT2D eigenvalue weighted by molar-refractivity contribution is -0.113. The molecule has 0 atom stereocenters. The molecule has 3 nitrogen and oxygen atoms in total. The van der Waals surface area contributed by atoms with Gasteiger partial charge in [0.25, 0.3) is 0 Å². The topological polar surface area (TPSA) is 50.1 Å². The fraction of sp³-hybridized carbons (Fsp3) is 0.273. The highest BCUT2D eigenvalue weighted by Gasteiger charge is 2.12. The Hall–Kier alpha value is -1.82. The summed E-state index contributed by atoms with van der Waals surface area (Å²) in [5.74, 6) is 1.15. The standard InChI is InChI=1S/C11H11NO2/c1-7-4-10(5-8(2)14-7)11(6-12)9(3)13/h4-5H,1-3H3. The van der Waals surface area contributed by atoms with Crippen molar-refractivity contribution in [2.24, 2.45) is 0 Å². The zero-order chi connectivity index (χ0) is 10.7. The van der Waals surface area contributed by atoms with Crippen LogP contribution in [0.1, 0.15) is 20.8 Å². The fourth-order valence-electron chi connectivity index (χ4n) is 1.28. The van der Waals surface area contributed by atoms with Gasteiger partial charge in [-0.3, -0.25) is 4.79 Å². The van der Waals surface area contributed by atoms with E-state index >= 15 is 0 Å². The van der Waals surface area contributed by atoms with Crippen molar-refractivity contribution in [1.29, 1.82) is 5.26 Å². The molecule has 1 rings (SSSR count). The molecule has 0 amide bonds. The van der Waals surface area contributed by atoms with Crippen LogP contribution in [0.4, 0.5) is 0 Å². The van der Waals surface area contributed by atoms with Crippen LogP contribution in [0.15, 0.2) is 34.8 Å². The molecular formula is C11H11NO2. The summed E-state index contributed by atoms with van der Waals surface area (Å²) in [5, 5.41) is 8.79. The van der Waals surface area contributed by atoms with Crippen molar-refractivity contribution in [1.82, 2.24) is 0 Å². The van der Waals surface area contributed by atoms with Gasteiger partial charge in [0.15, 0.2) is 5.78 Å². The molecule has 0 fully saturated rings. The van der Waals surface area contributed by atoms with E-state index in [-0.39, 0.29) is 11.4 Å². The highest BCUT2D eigenvalue weighted by Crippen LogP contribution is 2.21. The van der Waals surface area contributed by atoms with Gasteiger partial charge in [-0.15, -0.1) is 0 Å². The number of hydrogen-bond acceptors (Lipinski definition) is 3. The number of allylic oxidation sites excluding steroid dienone is 6. The molecule has 0 saturated carbocycles. The van der Waals surface area contributed by atoms with Gasteiger partial charge in [-0.1, -0.05) is 0 Å². The first kappa shape index (κ1) is 10.3. The first-order valence-electron chi connectivity index (χ1n) is 4.24. The predicted molar refractivity (Wildman–Crippen MR) is 51.9 cm³/mol. The number of rotatable bonds is 1. The van der Waals surface area contributed by atoms with Crippen LogP contribution in [0.3, 0.4) is 0 Å². The molecule has 1 heterocycles. The van der Waals surface area contributed by atoms with Gasteiger partial charge in [0.05, 0.1) is 0 Å². The number of carbonyl (C=O) groups is 1. The van der Waals surface area contributed by atoms with E-state index in [1.807, 2.05) is 6.07 Å². The Bertz CT molecular complexity index is 385. The summed E-state index contributed by atoms with van der Waals surface area (Å²) < 4.78 is 5.26. The Balaban J connectivity index is 3.26. The van der Waals surface area contributed by atoms with Crippen LogP contribution in [0, 0.1) is 11.3 Å². The Kier molecular flexibility index (Phi) is 2.88. The monoisotopic (exact) mass is 189 g/mol. The quantitative estimate of drug-likeness (QED) is 0.469. The van der Waals surface area contributed by atoms with Crippen molar-refractivity contribution in [3.63, 3.8) is 0 Å². The Morgan fingerprint density at radius 2 is 1.86 bits per heavy atom. The third kappa shape index (κ3) is 2.11. The van der Waals surface area contributed by atoms with Crippen molar-refractivity contribution in [2.45, 2.75) is 20.8 Å². The third-order valence-electron chi connectivity index (χ3n) is 1.79. The minimum atomic E-state index is -0.225. The Morgan fingerprint density at radius 1 is 1.36 bits per heavy atom. The second-order valence-electron chi connectivity index (χ2n) is 3.11. The zero-order valence-corrected chi connectivity index (χ0v) is 8.42. The molecule has 0 radical (unpaired) electrons. The third-order valence-corrected chi connectivity index (χ3v) is 1.79. The Morgan fingerprint density at radius 3 is 2.21 bits per heavy atom. The number of Topliss-reactive ketones (excluding diaryl/α,β-unsaturated/α-hetero) is 1. The van der Waals surface area contributed by atoms with Gasteiger partial charge in [0.1, 0.15) is 23.2 Å². The van der Waals surface area contributed by atoms with Gasteiger partial charge >= 0.3 is 0 Å². The van der Waals surface area contributed by atoms with Gasteiger partial charge in [-0.25, -0.2) is 0 Å². The predicted octanol–water partition coefficient (Wildman–Crippen LogP) is 2.23. The van der Waals surface area contributed by atoms with Gasteiger partial charge in [0, 0.05) is 5.57 Å². The molecule has 1 aliphatic rings. The summed E-state index contributed by atoms with van der Waals surface area (Å²) in [6.07, 6.45) is 3.37. The molecular weight excluding hydrogens is 178 g/mol. The van der Waals surface area contributed by atoms with E-state index in [0.717, 1.165) is 0 Å². The van der Waals surface area contributed by atoms with E-state index in [2.05, 4.69) is 0 Å². The van der Waals surface area contributed by atoms with Gasteiger partial charge in [0.2, 0.25) is 0 Å². The molecule has 0 N–H and O–H groups in total.